The summed E-state index contributed by atoms with van der Waals surface area (Å²) in [6.45, 7) is 1.30. The van der Waals surface area contributed by atoms with Gasteiger partial charge in [-0.25, -0.2) is 0 Å². The summed E-state index contributed by atoms with van der Waals surface area (Å²) in [5, 5.41) is 19.3. The van der Waals surface area contributed by atoms with Gasteiger partial charge in [0, 0.05) is 6.42 Å². The van der Waals surface area contributed by atoms with E-state index < -0.39 is 5.60 Å². The first kappa shape index (κ1) is 12.2. The third-order valence-corrected chi connectivity index (χ3v) is 3.56. The third-order valence-electron chi connectivity index (χ3n) is 3.56. The Kier molecular flexibility index (Phi) is 2.81. The second kappa shape index (κ2) is 4.37. The minimum atomic E-state index is -1.22. The lowest BCUT2D eigenvalue weighted by molar-refractivity contribution is -0.00236. The van der Waals surface area contributed by atoms with Crippen molar-refractivity contribution in [2.24, 2.45) is 0 Å². The van der Waals surface area contributed by atoms with Gasteiger partial charge in [0.15, 0.2) is 0 Å². The zero-order valence-electron chi connectivity index (χ0n) is 10.8. The van der Waals surface area contributed by atoms with Crippen molar-refractivity contribution in [3.05, 3.63) is 59.2 Å². The summed E-state index contributed by atoms with van der Waals surface area (Å²) in [5.41, 5.74) is 1.66. The highest BCUT2D eigenvalue weighted by Gasteiger charge is 2.24. The molecule has 0 bridgehead atoms. The fraction of sp³-hybridized carbons (Fsp3) is 0.250. The molecule has 1 heterocycles. The zero-order chi connectivity index (χ0) is 13.5. The smallest absolute Gasteiger partial charge is 0.130 e. The van der Waals surface area contributed by atoms with Gasteiger partial charge in [0.05, 0.1) is 6.61 Å². The predicted octanol–water partition coefficient (Wildman–Crippen LogP) is 2.58. The molecule has 98 valence electrons. The van der Waals surface area contributed by atoms with Gasteiger partial charge in [0.2, 0.25) is 0 Å². The lowest BCUT2D eigenvalue weighted by Crippen LogP contribution is -2.26. The van der Waals surface area contributed by atoms with E-state index in [1.54, 1.807) is 13.0 Å². The molecule has 2 aromatic rings. The molecule has 1 atom stereocenters. The molecule has 0 aromatic heterocycles. The van der Waals surface area contributed by atoms with Gasteiger partial charge in [-0.15, -0.1) is 0 Å². The van der Waals surface area contributed by atoms with Crippen LogP contribution in [0.15, 0.2) is 42.5 Å². The summed E-state index contributed by atoms with van der Waals surface area (Å²) in [7, 11) is 0. The highest BCUT2D eigenvalue weighted by Crippen LogP contribution is 2.37. The zero-order valence-corrected chi connectivity index (χ0v) is 10.8. The number of rotatable bonds is 2. The molecule has 0 spiro atoms. The van der Waals surface area contributed by atoms with E-state index in [-0.39, 0.29) is 6.61 Å². The molecule has 0 fully saturated rings. The van der Waals surface area contributed by atoms with Gasteiger partial charge in [-0.3, -0.25) is 0 Å². The Balaban J connectivity index is 2.01. The van der Waals surface area contributed by atoms with Crippen LogP contribution in [0, 0.1) is 0 Å². The fourth-order valence-corrected chi connectivity index (χ4v) is 2.32. The summed E-state index contributed by atoms with van der Waals surface area (Å²) in [6.07, 6.45) is 0.779. The normalized spacial score (nSPS) is 15.9. The van der Waals surface area contributed by atoms with Gasteiger partial charge in [-0.1, -0.05) is 24.3 Å². The molecule has 1 aliphatic rings. The van der Waals surface area contributed by atoms with Crippen LogP contribution in [0.1, 0.15) is 23.6 Å². The minimum Gasteiger partial charge on any atom is -0.457 e. The average molecular weight is 256 g/mol. The number of aliphatic hydroxyl groups is 2. The van der Waals surface area contributed by atoms with Crippen molar-refractivity contribution >= 4 is 0 Å². The highest BCUT2D eigenvalue weighted by atomic mass is 16.5. The Morgan fingerprint density at radius 1 is 1.11 bits per heavy atom. The van der Waals surface area contributed by atoms with Crippen LogP contribution >= 0.6 is 0 Å². The lowest BCUT2D eigenvalue weighted by atomic mass is 9.92. The van der Waals surface area contributed by atoms with E-state index in [0.717, 1.165) is 29.0 Å². The fourth-order valence-electron chi connectivity index (χ4n) is 2.32. The van der Waals surface area contributed by atoms with E-state index in [2.05, 4.69) is 0 Å². The number of benzene rings is 2. The van der Waals surface area contributed by atoms with Gasteiger partial charge in [-0.2, -0.15) is 0 Å². The average Bonchev–Trinajstić information content (AvgIpc) is 2.44. The predicted molar refractivity (Wildman–Crippen MR) is 72.4 cm³/mol. The molecule has 19 heavy (non-hydrogen) atoms. The quantitative estimate of drug-likeness (QED) is 0.741. The van der Waals surface area contributed by atoms with E-state index >= 15 is 0 Å². The maximum absolute atomic E-state index is 10.1. The molecule has 0 radical (unpaired) electrons. The van der Waals surface area contributed by atoms with Gasteiger partial charge in [0.1, 0.15) is 17.1 Å². The standard InChI is InChI=1S/C16H16O3/c1-16(18,10-17)13-6-7-15-12(9-13)8-11-4-2-3-5-14(11)19-15/h2-7,9,17-18H,8,10H2,1H3. The van der Waals surface area contributed by atoms with Crippen molar-refractivity contribution < 1.29 is 14.9 Å². The maximum Gasteiger partial charge on any atom is 0.130 e. The molecule has 2 N–H and O–H groups in total. The minimum absolute atomic E-state index is 0.302. The Labute approximate surface area is 112 Å². The first-order valence-electron chi connectivity index (χ1n) is 6.32. The van der Waals surface area contributed by atoms with Crippen LogP contribution in [-0.2, 0) is 12.0 Å². The number of aliphatic hydroxyl groups excluding tert-OH is 1. The second-order valence-electron chi connectivity index (χ2n) is 5.14. The van der Waals surface area contributed by atoms with Crippen LogP contribution in [0.3, 0.4) is 0 Å². The van der Waals surface area contributed by atoms with E-state index in [1.165, 1.54) is 0 Å². The van der Waals surface area contributed by atoms with Crippen molar-refractivity contribution in [1.82, 2.24) is 0 Å². The van der Waals surface area contributed by atoms with Crippen molar-refractivity contribution in [1.29, 1.82) is 0 Å². The van der Waals surface area contributed by atoms with Crippen molar-refractivity contribution in [2.75, 3.05) is 6.61 Å². The van der Waals surface area contributed by atoms with Crippen LogP contribution in [0.25, 0.3) is 0 Å². The molecule has 2 aromatic carbocycles. The monoisotopic (exact) mass is 256 g/mol. The van der Waals surface area contributed by atoms with Gasteiger partial charge >= 0.3 is 0 Å². The molecule has 0 saturated carbocycles. The van der Waals surface area contributed by atoms with E-state index in [0.29, 0.717) is 5.56 Å². The highest BCUT2D eigenvalue weighted by molar-refractivity contribution is 5.51. The van der Waals surface area contributed by atoms with Crippen LogP contribution < -0.4 is 4.74 Å². The van der Waals surface area contributed by atoms with Crippen molar-refractivity contribution in [3.63, 3.8) is 0 Å². The third kappa shape index (κ3) is 2.11. The number of para-hydroxylation sites is 1. The van der Waals surface area contributed by atoms with E-state index in [4.69, 9.17) is 4.74 Å². The molecule has 1 aliphatic heterocycles. The van der Waals surface area contributed by atoms with Crippen molar-refractivity contribution in [3.8, 4) is 11.5 Å². The summed E-state index contributed by atoms with van der Waals surface area (Å²) < 4.78 is 5.83. The molecule has 3 nitrogen and oxygen atoms in total. The Bertz CT molecular complexity index is 617. The van der Waals surface area contributed by atoms with Crippen LogP contribution in [0.2, 0.25) is 0 Å². The first-order valence-corrected chi connectivity index (χ1v) is 6.32. The number of hydrogen-bond donors (Lipinski definition) is 2. The molecular formula is C16H16O3. The Morgan fingerprint density at radius 3 is 2.63 bits per heavy atom. The Morgan fingerprint density at radius 2 is 1.84 bits per heavy atom. The summed E-state index contributed by atoms with van der Waals surface area (Å²) >= 11 is 0. The van der Waals surface area contributed by atoms with Crippen LogP contribution in [0.4, 0.5) is 0 Å². The maximum atomic E-state index is 10.1. The number of ether oxygens (including phenoxy) is 1. The van der Waals surface area contributed by atoms with Gasteiger partial charge < -0.3 is 14.9 Å². The molecule has 0 amide bonds. The van der Waals surface area contributed by atoms with E-state index in [1.807, 2.05) is 36.4 Å². The molecule has 1 unspecified atom stereocenters. The largest absolute Gasteiger partial charge is 0.457 e. The number of hydrogen-bond acceptors (Lipinski definition) is 3. The first-order chi connectivity index (χ1) is 9.10. The van der Waals surface area contributed by atoms with E-state index in [9.17, 15) is 10.2 Å². The number of fused-ring (bicyclic) bond motifs is 2. The van der Waals surface area contributed by atoms with Crippen molar-refractivity contribution in [2.45, 2.75) is 18.9 Å². The molecule has 3 heteroatoms. The topological polar surface area (TPSA) is 49.7 Å². The summed E-state index contributed by atoms with van der Waals surface area (Å²) in [5.74, 6) is 1.70. The van der Waals surface area contributed by atoms with Gasteiger partial charge in [-0.05, 0) is 41.8 Å². The molecule has 0 aliphatic carbocycles. The molecule has 3 rings (SSSR count). The van der Waals surface area contributed by atoms with Crippen LogP contribution in [0.5, 0.6) is 11.5 Å². The second-order valence-corrected chi connectivity index (χ2v) is 5.14. The summed E-state index contributed by atoms with van der Waals surface area (Å²) in [4.78, 5) is 0. The SMILES string of the molecule is CC(O)(CO)c1ccc2c(c1)Cc1ccccc1O2. The Hall–Kier alpha value is -1.84. The van der Waals surface area contributed by atoms with Crippen LogP contribution in [-0.4, -0.2) is 16.8 Å². The summed E-state index contributed by atoms with van der Waals surface area (Å²) in [6, 6.07) is 13.5. The molecule has 0 saturated heterocycles. The van der Waals surface area contributed by atoms with Gasteiger partial charge in [0.25, 0.3) is 0 Å². The lowest BCUT2D eigenvalue weighted by Gasteiger charge is -2.25. The molecular weight excluding hydrogens is 240 g/mol.